The summed E-state index contributed by atoms with van der Waals surface area (Å²) >= 11 is 0. The van der Waals surface area contributed by atoms with Crippen LogP contribution in [0.1, 0.15) is 52.2 Å². The van der Waals surface area contributed by atoms with E-state index in [4.69, 9.17) is 10.5 Å². The molecule has 0 radical (unpaired) electrons. The minimum absolute atomic E-state index is 0. The number of rotatable bonds is 9. The van der Waals surface area contributed by atoms with Crippen LogP contribution in [0, 0.1) is 13.8 Å². The number of hydrogen-bond acceptors (Lipinski definition) is 8. The summed E-state index contributed by atoms with van der Waals surface area (Å²) in [5.74, 6) is 1.05. The topological polar surface area (TPSA) is 137 Å². The molecule has 43 heavy (non-hydrogen) atoms. The molecule has 0 spiro atoms. The van der Waals surface area contributed by atoms with Gasteiger partial charge in [0.1, 0.15) is 17.6 Å². The van der Waals surface area contributed by atoms with E-state index in [2.05, 4.69) is 25.6 Å². The number of methoxy groups -OCH3 is 1. The Bertz CT molecular complexity index is 1580. The number of aryl methyl sites for hydroxylation is 3. The first kappa shape index (κ1) is 35.3. The molecular weight excluding hydrogens is 613 g/mol. The number of anilines is 2. The highest BCUT2D eigenvalue weighted by Crippen LogP contribution is 2.27. The number of nitrogens with one attached hydrogen (secondary N) is 2. The van der Waals surface area contributed by atoms with Gasteiger partial charge in [0.15, 0.2) is 5.82 Å². The fraction of sp³-hybridized carbons (Fsp3) is 0.300. The highest BCUT2D eigenvalue weighted by Gasteiger charge is 2.31. The first-order valence-electron chi connectivity index (χ1n) is 13.2. The van der Waals surface area contributed by atoms with Crippen molar-refractivity contribution in [1.82, 2.24) is 24.8 Å². The van der Waals surface area contributed by atoms with Gasteiger partial charge in [-0.3, -0.25) is 19.1 Å². The Morgan fingerprint density at radius 2 is 1.79 bits per heavy atom. The maximum atomic E-state index is 13.6. The van der Waals surface area contributed by atoms with E-state index in [-0.39, 0.29) is 60.4 Å². The molecule has 1 aliphatic heterocycles. The molecule has 4 N–H and O–H groups in total. The van der Waals surface area contributed by atoms with E-state index in [1.165, 1.54) is 0 Å². The molecular formula is C30H36Cl3N7O3. The van der Waals surface area contributed by atoms with Gasteiger partial charge in [0.25, 0.3) is 5.56 Å². The zero-order chi connectivity index (χ0) is 28.2. The van der Waals surface area contributed by atoms with Crippen LogP contribution in [0.5, 0.6) is 5.75 Å². The SMILES string of the molecule is COc1ccc([C@H](CNc2ncc3n(c2=O)[C@H](C(=O)NCc2ccc(N)nc2C)CC3)c2ccc(C)cn2)cc1.Cl.Cl.Cl. The molecule has 4 heterocycles. The van der Waals surface area contributed by atoms with E-state index in [0.717, 1.165) is 39.5 Å². The Labute approximate surface area is 269 Å². The zero-order valence-electron chi connectivity index (χ0n) is 24.1. The van der Waals surface area contributed by atoms with Crippen LogP contribution >= 0.6 is 37.2 Å². The lowest BCUT2D eigenvalue weighted by Gasteiger charge is -2.20. The van der Waals surface area contributed by atoms with Crippen molar-refractivity contribution in [2.45, 2.75) is 45.2 Å². The smallest absolute Gasteiger partial charge is 0.294 e. The molecule has 0 fully saturated rings. The number of carbonyl (C=O) groups is 1. The molecule has 2 atom stereocenters. The van der Waals surface area contributed by atoms with Crippen LogP contribution in [-0.4, -0.2) is 39.1 Å². The lowest BCUT2D eigenvalue weighted by molar-refractivity contribution is -0.124. The number of nitrogens with two attached hydrogens (primary N) is 1. The number of aromatic nitrogens is 4. The Kier molecular flexibility index (Phi) is 12.8. The number of nitrogen functional groups attached to an aromatic ring is 1. The number of carbonyl (C=O) groups excluding carboxylic acids is 1. The largest absolute Gasteiger partial charge is 0.497 e. The van der Waals surface area contributed by atoms with Gasteiger partial charge < -0.3 is 21.1 Å². The Hall–Kier alpha value is -3.86. The van der Waals surface area contributed by atoms with E-state index in [1.54, 1.807) is 23.9 Å². The third-order valence-electron chi connectivity index (χ3n) is 7.31. The van der Waals surface area contributed by atoms with Gasteiger partial charge in [0.05, 0.1) is 7.11 Å². The predicted octanol–water partition coefficient (Wildman–Crippen LogP) is 4.55. The number of fused-ring (bicyclic) bond motifs is 1. The Balaban J connectivity index is 0.00000215. The Morgan fingerprint density at radius 1 is 1.05 bits per heavy atom. The summed E-state index contributed by atoms with van der Waals surface area (Å²) in [7, 11) is 1.63. The van der Waals surface area contributed by atoms with Crippen LogP contribution < -0.4 is 26.7 Å². The molecule has 10 nitrogen and oxygen atoms in total. The van der Waals surface area contributed by atoms with E-state index < -0.39 is 6.04 Å². The summed E-state index contributed by atoms with van der Waals surface area (Å²) in [5.41, 5.74) is 10.8. The molecule has 3 aromatic heterocycles. The van der Waals surface area contributed by atoms with Gasteiger partial charge in [-0.15, -0.1) is 37.2 Å². The molecule has 13 heteroatoms. The van der Waals surface area contributed by atoms with Gasteiger partial charge >= 0.3 is 0 Å². The summed E-state index contributed by atoms with van der Waals surface area (Å²) in [6, 6.07) is 14.8. The minimum Gasteiger partial charge on any atom is -0.497 e. The number of hydrogen-bond donors (Lipinski definition) is 3. The van der Waals surface area contributed by atoms with E-state index in [0.29, 0.717) is 31.7 Å². The number of nitrogens with zero attached hydrogens (tertiary/aromatic N) is 4. The second kappa shape index (κ2) is 15.6. The average Bonchev–Trinajstić information content (AvgIpc) is 3.40. The van der Waals surface area contributed by atoms with Crippen molar-refractivity contribution < 1.29 is 9.53 Å². The van der Waals surface area contributed by atoms with Crippen LogP contribution in [0.4, 0.5) is 11.6 Å². The Morgan fingerprint density at radius 3 is 2.44 bits per heavy atom. The van der Waals surface area contributed by atoms with Crippen LogP contribution in [0.3, 0.4) is 0 Å². The highest BCUT2D eigenvalue weighted by atomic mass is 35.5. The highest BCUT2D eigenvalue weighted by molar-refractivity contribution is 5.86. The van der Waals surface area contributed by atoms with Crippen LogP contribution in [0.15, 0.2) is 65.7 Å². The number of amides is 1. The fourth-order valence-corrected chi connectivity index (χ4v) is 5.02. The van der Waals surface area contributed by atoms with Crippen LogP contribution in [-0.2, 0) is 17.8 Å². The number of ether oxygens (including phenoxy) is 1. The van der Waals surface area contributed by atoms with Gasteiger partial charge in [-0.25, -0.2) is 9.97 Å². The molecule has 1 aromatic carbocycles. The molecule has 1 aliphatic rings. The molecule has 4 aromatic rings. The van der Waals surface area contributed by atoms with Gasteiger partial charge in [0, 0.05) is 48.5 Å². The first-order valence-corrected chi connectivity index (χ1v) is 13.2. The van der Waals surface area contributed by atoms with Gasteiger partial charge in [-0.05, 0) is 67.6 Å². The normalized spacial score (nSPS) is 13.8. The standard InChI is InChI=1S/C30H33N7O3.3ClH/c1-18-4-11-25(32-14-18)24(20-5-9-23(40-3)10-6-20)17-34-28-30(39)37-22(16-33-28)8-12-26(37)29(38)35-15-21-7-13-27(31)36-19(21)2;;;/h4-7,9-11,13-14,16,24,26H,8,12,15,17H2,1-3H3,(H2,31,36)(H,33,34)(H,35,38);3*1H/t24-,26-;;;/m0.../s1. The minimum atomic E-state index is -0.607. The van der Waals surface area contributed by atoms with Crippen LogP contribution in [0.2, 0.25) is 0 Å². The summed E-state index contributed by atoms with van der Waals surface area (Å²) in [5, 5.41) is 6.20. The van der Waals surface area contributed by atoms with Gasteiger partial charge in [0.2, 0.25) is 5.91 Å². The maximum absolute atomic E-state index is 13.6. The fourth-order valence-electron chi connectivity index (χ4n) is 5.02. The van der Waals surface area contributed by atoms with Crippen molar-refractivity contribution >= 4 is 54.8 Å². The summed E-state index contributed by atoms with van der Waals surface area (Å²) < 4.78 is 6.87. The third kappa shape index (κ3) is 7.95. The number of benzene rings is 1. The maximum Gasteiger partial charge on any atom is 0.294 e. The molecule has 0 bridgehead atoms. The van der Waals surface area contributed by atoms with Crippen molar-refractivity contribution in [3.8, 4) is 5.75 Å². The average molecular weight is 649 g/mol. The third-order valence-corrected chi connectivity index (χ3v) is 7.31. The summed E-state index contributed by atoms with van der Waals surface area (Å²) in [6.07, 6.45) is 4.65. The second-order valence-corrected chi connectivity index (χ2v) is 9.99. The van der Waals surface area contributed by atoms with E-state index >= 15 is 0 Å². The molecule has 1 amide bonds. The molecule has 230 valence electrons. The van der Waals surface area contributed by atoms with Crippen molar-refractivity contribution in [2.75, 3.05) is 24.7 Å². The summed E-state index contributed by atoms with van der Waals surface area (Å²) in [4.78, 5) is 40.0. The molecule has 0 unspecified atom stereocenters. The monoisotopic (exact) mass is 647 g/mol. The molecule has 0 aliphatic carbocycles. The van der Waals surface area contributed by atoms with Crippen molar-refractivity contribution in [3.63, 3.8) is 0 Å². The lowest BCUT2D eigenvalue weighted by atomic mass is 9.94. The summed E-state index contributed by atoms with van der Waals surface area (Å²) in [6.45, 7) is 4.54. The number of halogens is 3. The quantitative estimate of drug-likeness (QED) is 0.240. The number of pyridine rings is 2. The second-order valence-electron chi connectivity index (χ2n) is 9.99. The van der Waals surface area contributed by atoms with Crippen LogP contribution in [0.25, 0.3) is 0 Å². The first-order chi connectivity index (χ1) is 19.3. The van der Waals surface area contributed by atoms with Crippen molar-refractivity contribution in [1.29, 1.82) is 0 Å². The van der Waals surface area contributed by atoms with E-state index in [9.17, 15) is 9.59 Å². The molecule has 0 saturated carbocycles. The van der Waals surface area contributed by atoms with Crippen molar-refractivity contribution in [3.05, 3.63) is 105 Å². The zero-order valence-corrected chi connectivity index (χ0v) is 26.5. The predicted molar refractivity (Wildman–Crippen MR) is 175 cm³/mol. The van der Waals surface area contributed by atoms with Gasteiger partial charge in [-0.2, -0.15) is 0 Å². The van der Waals surface area contributed by atoms with Gasteiger partial charge in [-0.1, -0.05) is 24.3 Å². The van der Waals surface area contributed by atoms with Crippen molar-refractivity contribution in [2.24, 2.45) is 0 Å². The lowest BCUT2D eigenvalue weighted by Crippen LogP contribution is -2.36. The molecule has 5 rings (SSSR count). The molecule has 0 saturated heterocycles. The van der Waals surface area contributed by atoms with E-state index in [1.807, 2.05) is 62.5 Å².